The highest BCUT2D eigenvalue weighted by atomic mass is 19.4. The molecular formula is C20H16F3N5. The van der Waals surface area contributed by atoms with Crippen molar-refractivity contribution in [3.8, 4) is 6.07 Å². The average Bonchev–Trinajstić information content (AvgIpc) is 2.68. The molecule has 0 unspecified atom stereocenters. The fourth-order valence-corrected chi connectivity index (χ4v) is 2.58. The van der Waals surface area contributed by atoms with Crippen LogP contribution >= 0.6 is 0 Å². The fraction of sp³-hybridized carbons (Fsp3) is 0.150. The third-order valence-electron chi connectivity index (χ3n) is 4.02. The largest absolute Gasteiger partial charge is 0.421 e. The lowest BCUT2D eigenvalue weighted by Gasteiger charge is -2.16. The summed E-state index contributed by atoms with van der Waals surface area (Å²) in [5, 5.41) is 14.5. The second-order valence-electron chi connectivity index (χ2n) is 5.90. The summed E-state index contributed by atoms with van der Waals surface area (Å²) in [6, 6.07) is 15.5. The molecule has 2 aromatic carbocycles. The monoisotopic (exact) mass is 383 g/mol. The van der Waals surface area contributed by atoms with Gasteiger partial charge < -0.3 is 10.6 Å². The summed E-state index contributed by atoms with van der Waals surface area (Å²) >= 11 is 0. The van der Waals surface area contributed by atoms with Crippen molar-refractivity contribution in [3.63, 3.8) is 0 Å². The molecule has 0 fully saturated rings. The van der Waals surface area contributed by atoms with Crippen molar-refractivity contribution in [2.75, 3.05) is 10.6 Å². The van der Waals surface area contributed by atoms with Crippen LogP contribution in [0.5, 0.6) is 0 Å². The van der Waals surface area contributed by atoms with Gasteiger partial charge in [0.05, 0.1) is 11.6 Å². The lowest BCUT2D eigenvalue weighted by molar-refractivity contribution is -0.137. The summed E-state index contributed by atoms with van der Waals surface area (Å²) in [5.41, 5.74) is 1.49. The maximum atomic E-state index is 13.4. The van der Waals surface area contributed by atoms with Crippen LogP contribution in [0.2, 0.25) is 0 Å². The van der Waals surface area contributed by atoms with Gasteiger partial charge in [0.1, 0.15) is 11.4 Å². The van der Waals surface area contributed by atoms with Gasteiger partial charge in [-0.05, 0) is 42.3 Å². The normalized spacial score (nSPS) is 11.0. The number of halogens is 3. The minimum absolute atomic E-state index is 0.00851. The van der Waals surface area contributed by atoms with Crippen molar-refractivity contribution < 1.29 is 13.2 Å². The number of aromatic nitrogens is 2. The second-order valence-corrected chi connectivity index (χ2v) is 5.90. The summed E-state index contributed by atoms with van der Waals surface area (Å²) < 4.78 is 40.2. The number of anilines is 4. The SMILES string of the molecule is CCc1ccccc1Nc1nc(Nc2ccc(C#N)cc2)ncc1C(F)(F)F. The highest BCUT2D eigenvalue weighted by molar-refractivity contribution is 5.65. The molecule has 0 aliphatic heterocycles. The van der Waals surface area contributed by atoms with Crippen LogP contribution < -0.4 is 10.6 Å². The zero-order chi connectivity index (χ0) is 20.1. The molecule has 0 bridgehead atoms. The topological polar surface area (TPSA) is 73.6 Å². The van der Waals surface area contributed by atoms with Gasteiger partial charge in [-0.2, -0.15) is 23.4 Å². The Labute approximate surface area is 159 Å². The molecule has 142 valence electrons. The van der Waals surface area contributed by atoms with Gasteiger partial charge in [0.15, 0.2) is 0 Å². The van der Waals surface area contributed by atoms with Gasteiger partial charge in [-0.3, -0.25) is 0 Å². The van der Waals surface area contributed by atoms with E-state index in [1.54, 1.807) is 36.4 Å². The van der Waals surface area contributed by atoms with Crippen LogP contribution in [0, 0.1) is 11.3 Å². The van der Waals surface area contributed by atoms with Crippen LogP contribution in [0.3, 0.4) is 0 Å². The quantitative estimate of drug-likeness (QED) is 0.616. The van der Waals surface area contributed by atoms with E-state index in [9.17, 15) is 13.2 Å². The van der Waals surface area contributed by atoms with E-state index in [1.165, 1.54) is 0 Å². The average molecular weight is 383 g/mol. The molecule has 0 spiro atoms. The molecule has 1 aromatic heterocycles. The number of nitrogens with one attached hydrogen (secondary N) is 2. The third-order valence-corrected chi connectivity index (χ3v) is 4.02. The Hall–Kier alpha value is -3.60. The molecule has 3 rings (SSSR count). The molecule has 0 saturated carbocycles. The minimum atomic E-state index is -4.60. The molecule has 5 nitrogen and oxygen atoms in total. The van der Waals surface area contributed by atoms with Crippen molar-refractivity contribution in [1.82, 2.24) is 9.97 Å². The van der Waals surface area contributed by atoms with Crippen molar-refractivity contribution in [1.29, 1.82) is 5.26 Å². The lowest BCUT2D eigenvalue weighted by Crippen LogP contribution is -2.13. The van der Waals surface area contributed by atoms with Crippen LogP contribution in [0.4, 0.5) is 36.3 Å². The molecule has 2 N–H and O–H groups in total. The Morgan fingerprint density at radius 3 is 2.39 bits per heavy atom. The highest BCUT2D eigenvalue weighted by Crippen LogP contribution is 2.35. The first-order chi connectivity index (χ1) is 13.4. The molecule has 3 aromatic rings. The van der Waals surface area contributed by atoms with Gasteiger partial charge in [-0.15, -0.1) is 0 Å². The van der Waals surface area contributed by atoms with Crippen molar-refractivity contribution in [3.05, 3.63) is 71.4 Å². The molecule has 0 radical (unpaired) electrons. The van der Waals surface area contributed by atoms with Gasteiger partial charge in [0.2, 0.25) is 5.95 Å². The second kappa shape index (κ2) is 7.96. The van der Waals surface area contributed by atoms with E-state index < -0.39 is 11.7 Å². The predicted octanol–water partition coefficient (Wildman–Crippen LogP) is 5.42. The zero-order valence-electron chi connectivity index (χ0n) is 14.9. The van der Waals surface area contributed by atoms with E-state index >= 15 is 0 Å². The zero-order valence-corrected chi connectivity index (χ0v) is 14.9. The molecule has 0 atom stereocenters. The molecule has 8 heteroatoms. The van der Waals surface area contributed by atoms with E-state index in [0.717, 1.165) is 11.8 Å². The first-order valence-corrected chi connectivity index (χ1v) is 8.47. The number of aryl methyl sites for hydroxylation is 1. The molecule has 0 amide bonds. The van der Waals surface area contributed by atoms with E-state index in [2.05, 4.69) is 20.6 Å². The summed E-state index contributed by atoms with van der Waals surface area (Å²) in [7, 11) is 0. The number of nitriles is 1. The van der Waals surface area contributed by atoms with Gasteiger partial charge in [-0.1, -0.05) is 25.1 Å². The summed E-state index contributed by atoms with van der Waals surface area (Å²) in [6.45, 7) is 1.92. The Bertz CT molecular complexity index is 1010. The fourth-order valence-electron chi connectivity index (χ4n) is 2.58. The Morgan fingerprint density at radius 1 is 1.04 bits per heavy atom. The van der Waals surface area contributed by atoms with Crippen LogP contribution in [-0.2, 0) is 12.6 Å². The maximum Gasteiger partial charge on any atom is 0.421 e. The number of para-hydroxylation sites is 1. The van der Waals surface area contributed by atoms with E-state index in [0.29, 0.717) is 23.4 Å². The number of hydrogen-bond donors (Lipinski definition) is 2. The van der Waals surface area contributed by atoms with Crippen molar-refractivity contribution in [2.24, 2.45) is 0 Å². The van der Waals surface area contributed by atoms with Gasteiger partial charge in [0, 0.05) is 17.6 Å². The smallest absolute Gasteiger partial charge is 0.339 e. The number of hydrogen-bond acceptors (Lipinski definition) is 5. The van der Waals surface area contributed by atoms with Crippen molar-refractivity contribution in [2.45, 2.75) is 19.5 Å². The number of rotatable bonds is 5. The van der Waals surface area contributed by atoms with Crippen LogP contribution in [-0.4, -0.2) is 9.97 Å². The predicted molar refractivity (Wildman–Crippen MR) is 101 cm³/mol. The van der Waals surface area contributed by atoms with Crippen LogP contribution in [0.1, 0.15) is 23.6 Å². The third kappa shape index (κ3) is 4.38. The number of benzene rings is 2. The Balaban J connectivity index is 1.96. The first-order valence-electron chi connectivity index (χ1n) is 8.47. The van der Waals surface area contributed by atoms with Gasteiger partial charge in [0.25, 0.3) is 0 Å². The highest BCUT2D eigenvalue weighted by Gasteiger charge is 2.35. The van der Waals surface area contributed by atoms with E-state index in [1.807, 2.05) is 25.1 Å². The first kappa shape index (κ1) is 19.2. The molecular weight excluding hydrogens is 367 g/mol. The molecule has 28 heavy (non-hydrogen) atoms. The van der Waals surface area contributed by atoms with Crippen LogP contribution in [0.15, 0.2) is 54.7 Å². The van der Waals surface area contributed by atoms with E-state index in [-0.39, 0.29) is 11.8 Å². The van der Waals surface area contributed by atoms with Gasteiger partial charge in [-0.25, -0.2) is 4.98 Å². The summed E-state index contributed by atoms with van der Waals surface area (Å²) in [6.07, 6.45) is -3.20. The molecule has 0 aliphatic rings. The number of alkyl halides is 3. The lowest BCUT2D eigenvalue weighted by atomic mass is 10.1. The molecule has 0 saturated heterocycles. The molecule has 1 heterocycles. The Morgan fingerprint density at radius 2 is 1.75 bits per heavy atom. The summed E-state index contributed by atoms with van der Waals surface area (Å²) in [4.78, 5) is 7.81. The van der Waals surface area contributed by atoms with E-state index in [4.69, 9.17) is 5.26 Å². The van der Waals surface area contributed by atoms with Crippen molar-refractivity contribution >= 4 is 23.1 Å². The summed E-state index contributed by atoms with van der Waals surface area (Å²) in [5.74, 6) is -0.325. The number of nitrogens with zero attached hydrogens (tertiary/aromatic N) is 3. The standard InChI is InChI=1S/C20H16F3N5/c1-2-14-5-3-4-6-17(14)27-18-16(20(21,22)23)12-25-19(28-18)26-15-9-7-13(11-24)8-10-15/h3-10,12H,2H2,1H3,(H2,25,26,27,28). The van der Waals surface area contributed by atoms with Crippen LogP contribution in [0.25, 0.3) is 0 Å². The molecule has 0 aliphatic carbocycles. The maximum absolute atomic E-state index is 13.4. The van der Waals surface area contributed by atoms with Gasteiger partial charge >= 0.3 is 6.18 Å². The Kier molecular flexibility index (Phi) is 5.45. The minimum Gasteiger partial charge on any atom is -0.339 e.